The quantitative estimate of drug-likeness (QED) is 0.495. The van der Waals surface area contributed by atoms with Crippen molar-refractivity contribution in [2.45, 2.75) is 49.7 Å². The Morgan fingerprint density at radius 3 is 2.38 bits per heavy atom. The number of hydrogen-bond donors (Lipinski definition) is 2. The molecule has 2 amide bonds. The lowest BCUT2D eigenvalue weighted by Gasteiger charge is -2.35. The van der Waals surface area contributed by atoms with E-state index in [4.69, 9.17) is 4.74 Å². The molecule has 216 valence electrons. The van der Waals surface area contributed by atoms with E-state index in [1.54, 1.807) is 0 Å². The van der Waals surface area contributed by atoms with Gasteiger partial charge < -0.3 is 14.8 Å². The first-order valence-corrected chi connectivity index (χ1v) is 12.4. The molecule has 1 aliphatic rings. The first-order chi connectivity index (χ1) is 17.7. The minimum absolute atomic E-state index is 0.160. The molecular formula is C21H23F6N5O6S. The molecule has 11 nitrogen and oxygen atoms in total. The van der Waals surface area contributed by atoms with Crippen molar-refractivity contribution in [2.24, 2.45) is 7.05 Å². The SMILES string of the molecule is CC(=O)NC[C@H]1CN(S(=O)(=O)c2cn(C)nc2C(F)(F)F)c2cc(NC(=O)OC(C)(C)C(F)(F)F)ccc2O1. The third-order valence-corrected chi connectivity index (χ3v) is 7.16. The number of fused-ring (bicyclic) bond motifs is 1. The highest BCUT2D eigenvalue weighted by Gasteiger charge is 2.51. The molecule has 0 saturated heterocycles. The van der Waals surface area contributed by atoms with E-state index < -0.39 is 63.2 Å². The molecule has 18 heteroatoms. The summed E-state index contributed by atoms with van der Waals surface area (Å²) in [7, 11) is -3.89. The van der Waals surface area contributed by atoms with Crippen LogP contribution in [0.2, 0.25) is 0 Å². The standard InChI is InChI=1S/C21H23F6N5O6S/c1-11(33)28-8-13-9-32(39(35,36)16-10-31(4)30-17(16)20(22,23)24)14-7-12(5-6-15(14)37-13)29-18(34)38-19(2,3)21(25,26)27/h5-7,10,13H,8-9H2,1-4H3,(H,28,33)(H,29,34)/t13-/m0/s1. The zero-order valence-electron chi connectivity index (χ0n) is 20.8. The van der Waals surface area contributed by atoms with Gasteiger partial charge in [0.15, 0.2) is 5.69 Å². The minimum atomic E-state index is -5.13. The molecule has 3 rings (SSSR count). The number of hydrogen-bond acceptors (Lipinski definition) is 7. The molecule has 39 heavy (non-hydrogen) atoms. The Hall–Kier alpha value is -3.70. The first-order valence-electron chi connectivity index (χ1n) is 11.0. The van der Waals surface area contributed by atoms with Crippen LogP contribution in [0.5, 0.6) is 5.75 Å². The lowest BCUT2D eigenvalue weighted by molar-refractivity contribution is -0.242. The van der Waals surface area contributed by atoms with E-state index in [-0.39, 0.29) is 23.7 Å². The predicted molar refractivity (Wildman–Crippen MR) is 123 cm³/mol. The van der Waals surface area contributed by atoms with Crippen molar-refractivity contribution >= 4 is 33.4 Å². The van der Waals surface area contributed by atoms with Crippen LogP contribution in [0, 0.1) is 0 Å². The molecule has 1 atom stereocenters. The summed E-state index contributed by atoms with van der Waals surface area (Å²) in [6.45, 7) is 1.63. The van der Waals surface area contributed by atoms with Crippen LogP contribution >= 0.6 is 0 Å². The van der Waals surface area contributed by atoms with E-state index >= 15 is 0 Å². The highest BCUT2D eigenvalue weighted by atomic mass is 32.2. The topological polar surface area (TPSA) is 132 Å². The second-order valence-electron chi connectivity index (χ2n) is 8.93. The van der Waals surface area contributed by atoms with Crippen LogP contribution in [0.1, 0.15) is 26.5 Å². The van der Waals surface area contributed by atoms with Crippen molar-refractivity contribution in [3.63, 3.8) is 0 Å². The number of alkyl halides is 6. The minimum Gasteiger partial charge on any atom is -0.484 e. The molecule has 0 aliphatic carbocycles. The maximum Gasteiger partial charge on any atom is 0.436 e. The number of ether oxygens (including phenoxy) is 2. The maximum atomic E-state index is 13.6. The van der Waals surface area contributed by atoms with Crippen molar-refractivity contribution in [3.8, 4) is 5.75 Å². The van der Waals surface area contributed by atoms with Gasteiger partial charge >= 0.3 is 18.4 Å². The van der Waals surface area contributed by atoms with Crippen molar-refractivity contribution in [1.82, 2.24) is 15.1 Å². The summed E-state index contributed by atoms with van der Waals surface area (Å²) in [5.74, 6) is -0.641. The van der Waals surface area contributed by atoms with Crippen LogP contribution in [0.3, 0.4) is 0 Å². The molecule has 2 aromatic rings. The van der Waals surface area contributed by atoms with Gasteiger partial charge in [0.2, 0.25) is 11.5 Å². The number of aryl methyl sites for hydroxylation is 1. The van der Waals surface area contributed by atoms with Crippen LogP contribution in [-0.2, 0) is 32.8 Å². The summed E-state index contributed by atoms with van der Waals surface area (Å²) in [6.07, 6.45) is -11.9. The average molecular weight is 587 g/mol. The van der Waals surface area contributed by atoms with Gasteiger partial charge in [-0.1, -0.05) is 0 Å². The molecule has 0 fully saturated rings. The van der Waals surface area contributed by atoms with Crippen molar-refractivity contribution in [3.05, 3.63) is 30.1 Å². The Bertz CT molecular complexity index is 1370. The summed E-state index contributed by atoms with van der Waals surface area (Å²) in [6, 6.07) is 3.28. The highest BCUT2D eigenvalue weighted by molar-refractivity contribution is 7.92. The zero-order chi connectivity index (χ0) is 29.6. The summed E-state index contributed by atoms with van der Waals surface area (Å²) in [5.41, 5.74) is -5.12. The van der Waals surface area contributed by atoms with Crippen LogP contribution in [0.15, 0.2) is 29.3 Å². The van der Waals surface area contributed by atoms with Crippen molar-refractivity contribution in [1.29, 1.82) is 0 Å². The number of amides is 2. The van der Waals surface area contributed by atoms with Gasteiger partial charge in [-0.15, -0.1) is 0 Å². The average Bonchev–Trinajstić information content (AvgIpc) is 3.19. The summed E-state index contributed by atoms with van der Waals surface area (Å²) >= 11 is 0. The number of carbonyl (C=O) groups is 2. The molecular weight excluding hydrogens is 564 g/mol. The Labute approximate surface area is 218 Å². The van der Waals surface area contributed by atoms with E-state index in [2.05, 4.69) is 15.2 Å². The van der Waals surface area contributed by atoms with E-state index in [0.717, 1.165) is 25.2 Å². The second-order valence-corrected chi connectivity index (χ2v) is 10.8. The summed E-state index contributed by atoms with van der Waals surface area (Å²) in [5, 5.41) is 7.67. The molecule has 0 bridgehead atoms. The lowest BCUT2D eigenvalue weighted by Crippen LogP contribution is -2.48. The number of sulfonamides is 1. The number of benzene rings is 1. The highest BCUT2D eigenvalue weighted by Crippen LogP contribution is 2.41. The maximum absolute atomic E-state index is 13.6. The Kier molecular flexibility index (Phi) is 7.75. The fourth-order valence-electron chi connectivity index (χ4n) is 3.38. The Morgan fingerprint density at radius 1 is 1.18 bits per heavy atom. The van der Waals surface area contributed by atoms with E-state index in [1.807, 2.05) is 5.32 Å². The van der Waals surface area contributed by atoms with Crippen LogP contribution in [0.4, 0.5) is 42.5 Å². The predicted octanol–water partition coefficient (Wildman–Crippen LogP) is 3.42. The van der Waals surface area contributed by atoms with Crippen LogP contribution < -0.4 is 19.7 Å². The van der Waals surface area contributed by atoms with Crippen LogP contribution in [-0.4, -0.2) is 61.2 Å². The fraction of sp³-hybridized carbons (Fsp3) is 0.476. The number of nitrogens with zero attached hydrogens (tertiary/aromatic N) is 3. The lowest BCUT2D eigenvalue weighted by atomic mass is 10.1. The van der Waals surface area contributed by atoms with Gasteiger partial charge in [0.05, 0.1) is 18.8 Å². The molecule has 1 aromatic carbocycles. The van der Waals surface area contributed by atoms with Gasteiger partial charge in [-0.2, -0.15) is 31.4 Å². The van der Waals surface area contributed by atoms with Gasteiger partial charge in [-0.05, 0) is 32.0 Å². The molecule has 1 aromatic heterocycles. The molecule has 2 N–H and O–H groups in total. The summed E-state index contributed by atoms with van der Waals surface area (Å²) in [4.78, 5) is 22.3. The summed E-state index contributed by atoms with van der Waals surface area (Å²) < 4.78 is 118. The molecule has 1 aliphatic heterocycles. The number of rotatable bonds is 6. The molecule has 2 heterocycles. The van der Waals surface area contributed by atoms with Gasteiger partial charge in [0, 0.05) is 25.9 Å². The van der Waals surface area contributed by atoms with Crippen LogP contribution in [0.25, 0.3) is 0 Å². The Balaban J connectivity index is 2.04. The van der Waals surface area contributed by atoms with Gasteiger partial charge in [-0.3, -0.25) is 19.1 Å². The van der Waals surface area contributed by atoms with Gasteiger partial charge in [-0.25, -0.2) is 13.2 Å². The number of halogens is 6. The normalized spacial score (nSPS) is 16.3. The smallest absolute Gasteiger partial charge is 0.436 e. The van der Waals surface area contributed by atoms with Gasteiger partial charge in [0.1, 0.15) is 16.7 Å². The number of aromatic nitrogens is 2. The Morgan fingerprint density at radius 2 is 1.82 bits per heavy atom. The van der Waals surface area contributed by atoms with E-state index in [1.165, 1.54) is 6.92 Å². The van der Waals surface area contributed by atoms with E-state index in [9.17, 15) is 44.3 Å². The van der Waals surface area contributed by atoms with Crippen molar-refractivity contribution in [2.75, 3.05) is 22.7 Å². The van der Waals surface area contributed by atoms with Crippen molar-refractivity contribution < 1.29 is 53.8 Å². The molecule has 0 spiro atoms. The number of carbonyl (C=O) groups excluding carboxylic acids is 2. The number of nitrogens with one attached hydrogen (secondary N) is 2. The monoisotopic (exact) mass is 587 g/mol. The van der Waals surface area contributed by atoms with Gasteiger partial charge in [0.25, 0.3) is 10.0 Å². The molecule has 0 saturated carbocycles. The van der Waals surface area contributed by atoms with E-state index in [0.29, 0.717) is 29.0 Å². The third-order valence-electron chi connectivity index (χ3n) is 5.38. The zero-order valence-corrected chi connectivity index (χ0v) is 21.6. The molecule has 0 radical (unpaired) electrons. The second kappa shape index (κ2) is 10.1. The fourth-order valence-corrected chi connectivity index (χ4v) is 5.07. The number of anilines is 2. The first kappa shape index (κ1) is 29.9. The third kappa shape index (κ3) is 6.48. The molecule has 0 unspecified atom stereocenters. The largest absolute Gasteiger partial charge is 0.484 e.